The molecule has 7 nitrogen and oxygen atoms in total. The van der Waals surface area contributed by atoms with E-state index < -0.39 is 0 Å². The van der Waals surface area contributed by atoms with Gasteiger partial charge in [0.2, 0.25) is 5.91 Å². The van der Waals surface area contributed by atoms with Gasteiger partial charge in [-0.2, -0.15) is 0 Å². The van der Waals surface area contributed by atoms with E-state index in [9.17, 15) is 9.59 Å². The number of piperazine rings is 1. The topological polar surface area (TPSA) is 77.8 Å². The number of hydrogen-bond donors (Lipinski definition) is 2. The van der Waals surface area contributed by atoms with E-state index in [0.717, 1.165) is 49.5 Å². The Morgan fingerprint density at radius 2 is 1.96 bits per heavy atom. The molecule has 0 unspecified atom stereocenters. The molecule has 150 valence electrons. The highest BCUT2D eigenvalue weighted by atomic mass is 35.5. The van der Waals surface area contributed by atoms with Gasteiger partial charge in [0.25, 0.3) is 5.91 Å². The van der Waals surface area contributed by atoms with Crippen LogP contribution in [0.25, 0.3) is 0 Å². The van der Waals surface area contributed by atoms with Crippen LogP contribution >= 0.6 is 12.4 Å². The molecule has 1 fully saturated rings. The van der Waals surface area contributed by atoms with Crippen LogP contribution in [0.2, 0.25) is 0 Å². The molecule has 1 aromatic carbocycles. The van der Waals surface area contributed by atoms with E-state index >= 15 is 0 Å². The largest absolute Gasteiger partial charge is 0.459 e. The molecule has 0 bridgehead atoms. The van der Waals surface area contributed by atoms with Crippen molar-refractivity contribution in [2.24, 2.45) is 0 Å². The van der Waals surface area contributed by atoms with E-state index in [0.29, 0.717) is 19.5 Å². The van der Waals surface area contributed by atoms with Crippen molar-refractivity contribution >= 4 is 29.9 Å². The predicted molar refractivity (Wildman–Crippen MR) is 109 cm³/mol. The zero-order valence-corrected chi connectivity index (χ0v) is 16.5. The SMILES string of the molecule is Cl.O=C(NCCN1CCNCC1)c1occc1CN1C(=O)Cc2ccccc21. The number of para-hydroxylation sites is 1. The smallest absolute Gasteiger partial charge is 0.287 e. The van der Waals surface area contributed by atoms with Gasteiger partial charge in [-0.3, -0.25) is 14.5 Å². The van der Waals surface area contributed by atoms with E-state index in [1.807, 2.05) is 24.3 Å². The molecule has 2 aliphatic rings. The van der Waals surface area contributed by atoms with Gasteiger partial charge in [0.05, 0.1) is 19.2 Å². The third-order valence-electron chi connectivity index (χ3n) is 5.13. The standard InChI is InChI=1S/C20H24N4O3.ClH/c25-18-13-15-3-1-2-4-17(15)24(18)14-16-5-12-27-19(16)20(26)22-8-11-23-9-6-21-7-10-23;/h1-5,12,21H,6-11,13-14H2,(H,22,26);1H. The Morgan fingerprint density at radius 1 is 1.18 bits per heavy atom. The second kappa shape index (κ2) is 9.23. The lowest BCUT2D eigenvalue weighted by Gasteiger charge is -2.27. The lowest BCUT2D eigenvalue weighted by molar-refractivity contribution is -0.117. The summed E-state index contributed by atoms with van der Waals surface area (Å²) in [4.78, 5) is 28.9. The summed E-state index contributed by atoms with van der Waals surface area (Å²) in [5, 5.41) is 6.24. The molecule has 2 N–H and O–H groups in total. The monoisotopic (exact) mass is 404 g/mol. The summed E-state index contributed by atoms with van der Waals surface area (Å²) in [5.41, 5.74) is 2.65. The minimum absolute atomic E-state index is 0. The normalized spacial score (nSPS) is 16.6. The lowest BCUT2D eigenvalue weighted by atomic mass is 10.1. The average molecular weight is 405 g/mol. The summed E-state index contributed by atoms with van der Waals surface area (Å²) < 4.78 is 5.43. The van der Waals surface area contributed by atoms with Crippen LogP contribution in [0.4, 0.5) is 5.69 Å². The number of amides is 2. The van der Waals surface area contributed by atoms with E-state index in [4.69, 9.17) is 4.42 Å². The fourth-order valence-electron chi connectivity index (χ4n) is 3.66. The molecule has 2 amide bonds. The molecule has 0 radical (unpaired) electrons. The van der Waals surface area contributed by atoms with Gasteiger partial charge in [0, 0.05) is 50.5 Å². The summed E-state index contributed by atoms with van der Waals surface area (Å²) in [5.74, 6) is 0.0972. The molecular formula is C20H25ClN4O3. The van der Waals surface area contributed by atoms with E-state index in [2.05, 4.69) is 15.5 Å². The Hall–Kier alpha value is -2.35. The number of rotatable bonds is 6. The van der Waals surface area contributed by atoms with Crippen molar-refractivity contribution in [3.8, 4) is 0 Å². The highest BCUT2D eigenvalue weighted by Gasteiger charge is 2.28. The van der Waals surface area contributed by atoms with Crippen LogP contribution in [0.15, 0.2) is 41.0 Å². The Bertz CT molecular complexity index is 832. The van der Waals surface area contributed by atoms with Crippen molar-refractivity contribution < 1.29 is 14.0 Å². The minimum atomic E-state index is -0.231. The van der Waals surface area contributed by atoms with Crippen LogP contribution in [0, 0.1) is 0 Å². The van der Waals surface area contributed by atoms with Crippen molar-refractivity contribution in [2.45, 2.75) is 13.0 Å². The van der Waals surface area contributed by atoms with Gasteiger partial charge >= 0.3 is 0 Å². The Morgan fingerprint density at radius 3 is 2.79 bits per heavy atom. The van der Waals surface area contributed by atoms with Crippen molar-refractivity contribution in [3.63, 3.8) is 0 Å². The molecule has 0 atom stereocenters. The van der Waals surface area contributed by atoms with Gasteiger partial charge in [-0.1, -0.05) is 18.2 Å². The first-order chi connectivity index (χ1) is 13.2. The highest BCUT2D eigenvalue weighted by molar-refractivity contribution is 6.01. The molecule has 0 aliphatic carbocycles. The summed E-state index contributed by atoms with van der Waals surface area (Å²) >= 11 is 0. The van der Waals surface area contributed by atoms with Crippen molar-refractivity contribution in [3.05, 3.63) is 53.5 Å². The quantitative estimate of drug-likeness (QED) is 0.761. The average Bonchev–Trinajstić information content (AvgIpc) is 3.28. The molecule has 4 rings (SSSR count). The number of hydrogen-bond acceptors (Lipinski definition) is 5. The number of furan rings is 1. The number of halogens is 1. The molecule has 1 aromatic heterocycles. The van der Waals surface area contributed by atoms with Crippen LogP contribution < -0.4 is 15.5 Å². The number of benzene rings is 1. The molecule has 28 heavy (non-hydrogen) atoms. The molecule has 2 aliphatic heterocycles. The number of carbonyl (C=O) groups excluding carboxylic acids is 2. The van der Waals surface area contributed by atoms with Crippen LogP contribution in [0.5, 0.6) is 0 Å². The number of nitrogens with zero attached hydrogens (tertiary/aromatic N) is 2. The van der Waals surface area contributed by atoms with Crippen LogP contribution in [0.1, 0.15) is 21.7 Å². The fraction of sp³-hybridized carbons (Fsp3) is 0.400. The van der Waals surface area contributed by atoms with Crippen molar-refractivity contribution in [1.29, 1.82) is 0 Å². The molecule has 0 saturated carbocycles. The predicted octanol–water partition coefficient (Wildman–Crippen LogP) is 1.43. The summed E-state index contributed by atoms with van der Waals surface area (Å²) in [6.07, 6.45) is 1.91. The zero-order chi connectivity index (χ0) is 18.6. The first kappa shape index (κ1) is 20.4. The van der Waals surface area contributed by atoms with E-state index in [1.165, 1.54) is 6.26 Å². The second-order valence-corrected chi connectivity index (χ2v) is 6.91. The van der Waals surface area contributed by atoms with Crippen LogP contribution in [0.3, 0.4) is 0 Å². The molecule has 3 heterocycles. The van der Waals surface area contributed by atoms with E-state index in [-0.39, 0.29) is 30.0 Å². The number of anilines is 1. The van der Waals surface area contributed by atoms with Gasteiger partial charge in [-0.25, -0.2) is 0 Å². The lowest BCUT2D eigenvalue weighted by Crippen LogP contribution is -2.46. The maximum Gasteiger partial charge on any atom is 0.287 e. The Kier molecular flexibility index (Phi) is 6.72. The highest BCUT2D eigenvalue weighted by Crippen LogP contribution is 2.30. The van der Waals surface area contributed by atoms with Gasteiger partial charge in [-0.05, 0) is 17.7 Å². The molecular weight excluding hydrogens is 380 g/mol. The summed E-state index contributed by atoms with van der Waals surface area (Å²) in [7, 11) is 0. The Balaban J connectivity index is 0.00000225. The first-order valence-electron chi connectivity index (χ1n) is 9.38. The summed E-state index contributed by atoms with van der Waals surface area (Å²) in [6, 6.07) is 9.52. The van der Waals surface area contributed by atoms with Gasteiger partial charge in [0.1, 0.15) is 0 Å². The van der Waals surface area contributed by atoms with Gasteiger partial charge in [0.15, 0.2) is 5.76 Å². The molecule has 0 spiro atoms. The minimum Gasteiger partial charge on any atom is -0.459 e. The molecule has 1 saturated heterocycles. The maximum atomic E-state index is 12.5. The zero-order valence-electron chi connectivity index (χ0n) is 15.6. The number of nitrogens with one attached hydrogen (secondary N) is 2. The van der Waals surface area contributed by atoms with E-state index in [1.54, 1.807) is 11.0 Å². The molecule has 8 heteroatoms. The summed E-state index contributed by atoms with van der Waals surface area (Å²) in [6.45, 7) is 5.71. The first-order valence-corrected chi connectivity index (χ1v) is 9.38. The molecule has 2 aromatic rings. The van der Waals surface area contributed by atoms with Crippen molar-refractivity contribution in [1.82, 2.24) is 15.5 Å². The fourth-order valence-corrected chi connectivity index (χ4v) is 3.66. The van der Waals surface area contributed by atoms with Crippen LogP contribution in [-0.2, 0) is 17.8 Å². The van der Waals surface area contributed by atoms with Gasteiger partial charge in [-0.15, -0.1) is 12.4 Å². The maximum absolute atomic E-state index is 12.5. The van der Waals surface area contributed by atoms with Gasteiger partial charge < -0.3 is 20.0 Å². The van der Waals surface area contributed by atoms with Crippen LogP contribution in [-0.4, -0.2) is 56.0 Å². The third-order valence-corrected chi connectivity index (χ3v) is 5.13. The Labute approximate surface area is 170 Å². The number of carbonyl (C=O) groups is 2. The third kappa shape index (κ3) is 4.38. The number of fused-ring (bicyclic) bond motifs is 1. The van der Waals surface area contributed by atoms with Crippen molar-refractivity contribution in [2.75, 3.05) is 44.2 Å². The second-order valence-electron chi connectivity index (χ2n) is 6.91.